The maximum atomic E-state index is 5.97. The molecule has 4 nitrogen and oxygen atoms in total. The van der Waals surface area contributed by atoms with Crippen molar-refractivity contribution in [3.8, 4) is 0 Å². The Kier molecular flexibility index (Phi) is 4.48. The standard InChI is InChI=1S/C13H20N2O2/c1-10(14)13(11-4-6-15-7-5-11)17-9-12-3-2-8-16-12/h4-7,10,12-13H,2-3,8-9,14H2,1H3. The molecule has 2 N–H and O–H groups in total. The van der Waals surface area contributed by atoms with E-state index in [4.69, 9.17) is 15.2 Å². The number of aromatic nitrogens is 1. The fourth-order valence-corrected chi connectivity index (χ4v) is 2.09. The van der Waals surface area contributed by atoms with Crippen LogP contribution in [0.1, 0.15) is 31.4 Å². The maximum Gasteiger partial charge on any atom is 0.0975 e. The van der Waals surface area contributed by atoms with Crippen molar-refractivity contribution in [1.29, 1.82) is 0 Å². The van der Waals surface area contributed by atoms with Gasteiger partial charge < -0.3 is 15.2 Å². The Labute approximate surface area is 102 Å². The highest BCUT2D eigenvalue weighted by Gasteiger charge is 2.21. The van der Waals surface area contributed by atoms with E-state index in [0.717, 1.165) is 25.0 Å². The summed E-state index contributed by atoms with van der Waals surface area (Å²) in [6, 6.07) is 3.85. The first-order valence-corrected chi connectivity index (χ1v) is 6.16. The zero-order valence-corrected chi connectivity index (χ0v) is 10.2. The molecule has 2 heterocycles. The molecule has 3 atom stereocenters. The number of hydrogen-bond donors (Lipinski definition) is 1. The Hall–Kier alpha value is -0.970. The number of ether oxygens (including phenoxy) is 2. The zero-order chi connectivity index (χ0) is 12.1. The van der Waals surface area contributed by atoms with E-state index < -0.39 is 0 Å². The van der Waals surface area contributed by atoms with Crippen LogP contribution in [0.15, 0.2) is 24.5 Å². The average molecular weight is 236 g/mol. The molecule has 94 valence electrons. The van der Waals surface area contributed by atoms with Gasteiger partial charge in [0.05, 0.1) is 18.8 Å². The van der Waals surface area contributed by atoms with E-state index >= 15 is 0 Å². The number of nitrogens with zero attached hydrogens (tertiary/aromatic N) is 1. The lowest BCUT2D eigenvalue weighted by Crippen LogP contribution is -2.29. The molecule has 1 aromatic rings. The van der Waals surface area contributed by atoms with E-state index in [1.165, 1.54) is 0 Å². The topological polar surface area (TPSA) is 57.4 Å². The number of rotatable bonds is 5. The Balaban J connectivity index is 1.93. The van der Waals surface area contributed by atoms with Crippen LogP contribution >= 0.6 is 0 Å². The van der Waals surface area contributed by atoms with Crippen molar-refractivity contribution in [2.75, 3.05) is 13.2 Å². The lowest BCUT2D eigenvalue weighted by Gasteiger charge is -2.23. The van der Waals surface area contributed by atoms with Crippen molar-refractivity contribution < 1.29 is 9.47 Å². The molecule has 1 aromatic heterocycles. The summed E-state index contributed by atoms with van der Waals surface area (Å²) in [6.07, 6.45) is 5.90. The van der Waals surface area contributed by atoms with Gasteiger partial charge in [-0.05, 0) is 37.5 Å². The molecule has 0 aromatic carbocycles. The first kappa shape index (κ1) is 12.5. The fraction of sp³-hybridized carbons (Fsp3) is 0.615. The Morgan fingerprint density at radius 3 is 2.88 bits per heavy atom. The Morgan fingerprint density at radius 1 is 1.53 bits per heavy atom. The molecule has 0 radical (unpaired) electrons. The molecule has 0 saturated carbocycles. The molecule has 0 bridgehead atoms. The summed E-state index contributed by atoms with van der Waals surface area (Å²) in [7, 11) is 0. The average Bonchev–Trinajstić information content (AvgIpc) is 2.83. The van der Waals surface area contributed by atoms with Crippen LogP contribution in [0.25, 0.3) is 0 Å². The minimum atomic E-state index is -0.0813. The minimum Gasteiger partial charge on any atom is -0.376 e. The van der Waals surface area contributed by atoms with Gasteiger partial charge in [-0.15, -0.1) is 0 Å². The molecular weight excluding hydrogens is 216 g/mol. The van der Waals surface area contributed by atoms with E-state index in [0.29, 0.717) is 6.61 Å². The normalized spacial score (nSPS) is 23.5. The minimum absolute atomic E-state index is 0.0428. The third kappa shape index (κ3) is 3.49. The van der Waals surface area contributed by atoms with E-state index in [1.54, 1.807) is 12.4 Å². The third-order valence-electron chi connectivity index (χ3n) is 3.00. The zero-order valence-electron chi connectivity index (χ0n) is 10.2. The highest BCUT2D eigenvalue weighted by molar-refractivity contribution is 5.14. The van der Waals surface area contributed by atoms with Crippen LogP contribution in [0, 0.1) is 0 Å². The van der Waals surface area contributed by atoms with Crippen molar-refractivity contribution in [2.45, 2.75) is 38.0 Å². The van der Waals surface area contributed by atoms with Crippen molar-refractivity contribution in [2.24, 2.45) is 5.73 Å². The second-order valence-electron chi connectivity index (χ2n) is 4.53. The summed E-state index contributed by atoms with van der Waals surface area (Å²) in [6.45, 7) is 3.43. The Bertz CT molecular complexity index is 323. The van der Waals surface area contributed by atoms with Gasteiger partial charge in [-0.1, -0.05) is 0 Å². The molecule has 1 fully saturated rings. The summed E-state index contributed by atoms with van der Waals surface area (Å²) in [5, 5.41) is 0. The molecule has 3 unspecified atom stereocenters. The van der Waals surface area contributed by atoms with E-state index in [1.807, 2.05) is 19.1 Å². The summed E-state index contributed by atoms with van der Waals surface area (Å²) >= 11 is 0. The van der Waals surface area contributed by atoms with Crippen molar-refractivity contribution >= 4 is 0 Å². The van der Waals surface area contributed by atoms with Gasteiger partial charge in [0.2, 0.25) is 0 Å². The van der Waals surface area contributed by atoms with Gasteiger partial charge in [-0.25, -0.2) is 0 Å². The molecular formula is C13H20N2O2. The second-order valence-corrected chi connectivity index (χ2v) is 4.53. The van der Waals surface area contributed by atoms with E-state index in [9.17, 15) is 0 Å². The quantitative estimate of drug-likeness (QED) is 0.844. The fourth-order valence-electron chi connectivity index (χ4n) is 2.09. The van der Waals surface area contributed by atoms with Gasteiger partial charge in [0.25, 0.3) is 0 Å². The SMILES string of the molecule is CC(N)C(OCC1CCCO1)c1ccncc1. The summed E-state index contributed by atoms with van der Waals surface area (Å²) in [4.78, 5) is 4.00. The number of nitrogens with two attached hydrogens (primary N) is 1. The lowest BCUT2D eigenvalue weighted by atomic mass is 10.1. The third-order valence-corrected chi connectivity index (χ3v) is 3.00. The van der Waals surface area contributed by atoms with Crippen LogP contribution in [0.3, 0.4) is 0 Å². The first-order valence-electron chi connectivity index (χ1n) is 6.16. The maximum absolute atomic E-state index is 5.97. The predicted octanol–water partition coefficient (Wildman–Crippen LogP) is 1.67. The van der Waals surface area contributed by atoms with Crippen LogP contribution < -0.4 is 5.73 Å². The highest BCUT2D eigenvalue weighted by Crippen LogP contribution is 2.22. The van der Waals surface area contributed by atoms with Crippen molar-refractivity contribution in [1.82, 2.24) is 4.98 Å². The van der Waals surface area contributed by atoms with Gasteiger partial charge in [0, 0.05) is 25.0 Å². The van der Waals surface area contributed by atoms with Crippen LogP contribution in [0.5, 0.6) is 0 Å². The van der Waals surface area contributed by atoms with E-state index in [-0.39, 0.29) is 18.2 Å². The first-order chi connectivity index (χ1) is 8.27. The van der Waals surface area contributed by atoms with Crippen LogP contribution in [0.2, 0.25) is 0 Å². The van der Waals surface area contributed by atoms with Crippen LogP contribution in [0.4, 0.5) is 0 Å². The van der Waals surface area contributed by atoms with Gasteiger partial charge >= 0.3 is 0 Å². The largest absolute Gasteiger partial charge is 0.376 e. The Morgan fingerprint density at radius 2 is 2.29 bits per heavy atom. The molecule has 1 aliphatic heterocycles. The summed E-state index contributed by atoms with van der Waals surface area (Å²) in [5.41, 5.74) is 7.04. The molecule has 4 heteroatoms. The second kappa shape index (κ2) is 6.10. The van der Waals surface area contributed by atoms with Gasteiger partial charge in [0.15, 0.2) is 0 Å². The summed E-state index contributed by atoms with van der Waals surface area (Å²) in [5.74, 6) is 0. The highest BCUT2D eigenvalue weighted by atomic mass is 16.5. The van der Waals surface area contributed by atoms with Crippen molar-refractivity contribution in [3.05, 3.63) is 30.1 Å². The smallest absolute Gasteiger partial charge is 0.0975 e. The van der Waals surface area contributed by atoms with Crippen LogP contribution in [-0.4, -0.2) is 30.3 Å². The monoisotopic (exact) mass is 236 g/mol. The molecule has 0 aliphatic carbocycles. The molecule has 1 saturated heterocycles. The molecule has 0 amide bonds. The van der Waals surface area contributed by atoms with Gasteiger partial charge in [-0.3, -0.25) is 4.98 Å². The number of hydrogen-bond acceptors (Lipinski definition) is 4. The molecule has 17 heavy (non-hydrogen) atoms. The van der Waals surface area contributed by atoms with E-state index in [2.05, 4.69) is 4.98 Å². The summed E-state index contributed by atoms with van der Waals surface area (Å²) < 4.78 is 11.4. The van der Waals surface area contributed by atoms with Gasteiger partial charge in [0.1, 0.15) is 0 Å². The van der Waals surface area contributed by atoms with Crippen LogP contribution in [-0.2, 0) is 9.47 Å². The lowest BCUT2D eigenvalue weighted by molar-refractivity contribution is -0.0286. The molecule has 1 aliphatic rings. The van der Waals surface area contributed by atoms with Gasteiger partial charge in [-0.2, -0.15) is 0 Å². The molecule has 2 rings (SSSR count). The van der Waals surface area contributed by atoms with Crippen molar-refractivity contribution in [3.63, 3.8) is 0 Å². The predicted molar refractivity (Wildman–Crippen MR) is 65.6 cm³/mol. The number of pyridine rings is 1. The molecule has 0 spiro atoms.